The van der Waals surface area contributed by atoms with E-state index in [0.717, 1.165) is 0 Å². The second kappa shape index (κ2) is 36.1. The third-order valence-corrected chi connectivity index (χ3v) is 0. The van der Waals surface area contributed by atoms with Gasteiger partial charge in [0, 0.05) is 0 Å². The normalized spacial score (nSPS) is 5.14. The molecule has 0 heterocycles. The fourth-order valence-corrected chi connectivity index (χ4v) is 0. The molecule has 0 aromatic rings. The van der Waals surface area contributed by atoms with Crippen LogP contribution in [0.4, 0.5) is 0 Å². The van der Waals surface area contributed by atoms with Gasteiger partial charge in [0.05, 0.1) is 0 Å². The summed E-state index contributed by atoms with van der Waals surface area (Å²) in [4.78, 5) is 0. The molecule has 0 aliphatic carbocycles. The molecule has 0 spiro atoms. The second-order valence-corrected chi connectivity index (χ2v) is 0.577. The monoisotopic (exact) mass is 99.1 g/mol. The Hall–Kier alpha value is 0.0888. The summed E-state index contributed by atoms with van der Waals surface area (Å²) in [6.45, 7) is 3.14. The van der Waals surface area contributed by atoms with Crippen molar-refractivity contribution in [3.63, 3.8) is 0 Å². The van der Waals surface area contributed by atoms with Gasteiger partial charge in [-0.15, -0.1) is 13.2 Å². The maximum Gasteiger partial charge on any atom is 2.00 e. The maximum atomic E-state index is 8.93. The summed E-state index contributed by atoms with van der Waals surface area (Å²) >= 11 is 0. The van der Waals surface area contributed by atoms with Crippen molar-refractivity contribution in [2.24, 2.45) is 0 Å². The van der Waals surface area contributed by atoms with Crippen LogP contribution in [0.15, 0.2) is 0 Å². The van der Waals surface area contributed by atoms with E-state index in [0.29, 0.717) is 0 Å². The van der Waals surface area contributed by atoms with E-state index in [4.69, 9.17) is 10.2 Å². The second-order valence-electron chi connectivity index (χ2n) is 0.577. The molecule has 0 saturated carbocycles. The molecule has 0 unspecified atom stereocenters. The van der Waals surface area contributed by atoms with Crippen molar-refractivity contribution < 1.29 is 10.2 Å². The van der Waals surface area contributed by atoms with E-state index in [1.165, 1.54) is 0 Å². The Morgan fingerprint density at radius 1 is 1.00 bits per heavy atom. The maximum absolute atomic E-state index is 8.93. The third kappa shape index (κ3) is 12900. The van der Waals surface area contributed by atoms with E-state index in [1.54, 1.807) is 13.8 Å². The van der Waals surface area contributed by atoms with Gasteiger partial charge >= 0.3 is 10.1 Å². The molecule has 0 aliphatic rings. The smallest absolute Gasteiger partial charge is 0.855 e. The predicted molar refractivity (Wildman–Crippen MR) is 26.8 cm³/mol. The van der Waals surface area contributed by atoms with Crippen LogP contribution in [0.5, 0.6) is 0 Å². The van der Waals surface area contributed by atoms with Crippen molar-refractivity contribution in [3.05, 3.63) is 0 Å². The van der Waals surface area contributed by atoms with Gasteiger partial charge in [0.25, 0.3) is 0 Å². The summed E-state index contributed by atoms with van der Waals surface area (Å²) in [7, 11) is 0. The molecule has 0 fully saturated rings. The molecule has 0 bridgehead atoms. The third-order valence-electron chi connectivity index (χ3n) is 0. The zero-order chi connectivity index (χ0) is 5.41. The predicted octanol–water partition coefficient (Wildman–Crippen LogP) is -1.65. The van der Waals surface area contributed by atoms with Gasteiger partial charge in [0.15, 0.2) is 0 Å². The standard InChI is InChI=1S/2C2H5O.Be/c2*1-2-3;/h2*2H2,1H3;/q2*-1;+2. The van der Waals surface area contributed by atoms with Gasteiger partial charge in [-0.1, -0.05) is 13.8 Å². The molecule has 0 radical (unpaired) electrons. The summed E-state index contributed by atoms with van der Waals surface area (Å²) in [6, 6.07) is 0. The SMILES string of the molecule is CC[O-].CC[O-].[Be+2]. The average molecular weight is 99.1 g/mol. The molecule has 0 aromatic carbocycles. The van der Waals surface area contributed by atoms with Crippen molar-refractivity contribution in [1.29, 1.82) is 0 Å². The Balaban J connectivity index is -0.0000000400. The van der Waals surface area contributed by atoms with Gasteiger partial charge in [-0.3, -0.25) is 0 Å². The summed E-state index contributed by atoms with van der Waals surface area (Å²) < 4.78 is 0. The van der Waals surface area contributed by atoms with E-state index in [9.17, 15) is 0 Å². The fourth-order valence-electron chi connectivity index (χ4n) is 0. The molecule has 0 saturated heterocycles. The van der Waals surface area contributed by atoms with Gasteiger partial charge in [0.1, 0.15) is 0 Å². The fraction of sp³-hybridized carbons (Fsp3) is 1.00. The van der Waals surface area contributed by atoms with Gasteiger partial charge in [0.2, 0.25) is 0 Å². The van der Waals surface area contributed by atoms with Crippen LogP contribution in [-0.4, -0.2) is 23.3 Å². The van der Waals surface area contributed by atoms with Crippen molar-refractivity contribution in [3.8, 4) is 0 Å². The van der Waals surface area contributed by atoms with E-state index < -0.39 is 0 Å². The quantitative estimate of drug-likeness (QED) is 0.342. The van der Waals surface area contributed by atoms with Crippen LogP contribution in [0.2, 0.25) is 0 Å². The van der Waals surface area contributed by atoms with Crippen molar-refractivity contribution in [2.75, 3.05) is 13.2 Å². The Morgan fingerprint density at radius 3 is 1.00 bits per heavy atom. The van der Waals surface area contributed by atoms with Crippen LogP contribution < -0.4 is 10.2 Å². The number of hydrogen-bond donors (Lipinski definition) is 0. The Morgan fingerprint density at radius 2 is 1.00 bits per heavy atom. The molecule has 0 rings (SSSR count). The van der Waals surface area contributed by atoms with E-state index in [1.807, 2.05) is 0 Å². The topological polar surface area (TPSA) is 46.1 Å². The molecule has 7 heavy (non-hydrogen) atoms. The first kappa shape index (κ1) is 15.7. The molecule has 0 aromatic heterocycles. The summed E-state index contributed by atoms with van der Waals surface area (Å²) in [5, 5.41) is 17.9. The minimum absolute atomic E-state index is 0. The van der Waals surface area contributed by atoms with Crippen LogP contribution in [0, 0.1) is 0 Å². The molecule has 2 nitrogen and oxygen atoms in total. The number of hydrogen-bond acceptors (Lipinski definition) is 2. The van der Waals surface area contributed by atoms with E-state index >= 15 is 0 Å². The van der Waals surface area contributed by atoms with Crippen LogP contribution in [0.3, 0.4) is 0 Å². The molecule has 40 valence electrons. The van der Waals surface area contributed by atoms with Crippen molar-refractivity contribution in [1.82, 2.24) is 0 Å². The van der Waals surface area contributed by atoms with Crippen molar-refractivity contribution >= 4 is 10.1 Å². The molecular weight excluding hydrogens is 89.1 g/mol. The first-order valence-corrected chi connectivity index (χ1v) is 1.99. The minimum atomic E-state index is 0. The van der Waals surface area contributed by atoms with Gasteiger partial charge in [-0.25, -0.2) is 0 Å². The van der Waals surface area contributed by atoms with E-state index in [-0.39, 0.29) is 23.3 Å². The Bertz CT molecular complexity index is 11.7. The zero-order valence-electron chi connectivity index (χ0n) is 4.94. The first-order valence-electron chi connectivity index (χ1n) is 1.99. The molecule has 3 heteroatoms. The van der Waals surface area contributed by atoms with Gasteiger partial charge in [-0.2, -0.15) is 0 Å². The molecule has 0 N–H and O–H groups in total. The Kier molecular flexibility index (Phi) is 81.2. The molecule has 0 atom stereocenters. The summed E-state index contributed by atoms with van der Waals surface area (Å²) in [5.74, 6) is 0. The Labute approximate surface area is 48.4 Å². The van der Waals surface area contributed by atoms with Gasteiger partial charge in [-0.05, 0) is 0 Å². The van der Waals surface area contributed by atoms with Crippen LogP contribution in [0.25, 0.3) is 0 Å². The van der Waals surface area contributed by atoms with Crippen LogP contribution in [0.1, 0.15) is 13.8 Å². The number of rotatable bonds is 0. The molecular formula is C4H10BeO2. The average Bonchev–Trinajstić information content (AvgIpc) is 1.39. The van der Waals surface area contributed by atoms with Gasteiger partial charge < -0.3 is 10.2 Å². The van der Waals surface area contributed by atoms with E-state index in [2.05, 4.69) is 0 Å². The molecule has 0 amide bonds. The van der Waals surface area contributed by atoms with Crippen LogP contribution in [-0.2, 0) is 0 Å². The first-order chi connectivity index (χ1) is 2.83. The van der Waals surface area contributed by atoms with Crippen LogP contribution >= 0.6 is 0 Å². The summed E-state index contributed by atoms with van der Waals surface area (Å²) in [5.41, 5.74) is 0. The summed E-state index contributed by atoms with van der Waals surface area (Å²) in [6.07, 6.45) is 0. The largest absolute Gasteiger partial charge is 2.00 e. The molecule has 0 aliphatic heterocycles. The zero-order valence-corrected chi connectivity index (χ0v) is 4.94. The minimum Gasteiger partial charge on any atom is -0.855 e. The van der Waals surface area contributed by atoms with Crippen molar-refractivity contribution in [2.45, 2.75) is 13.8 Å².